The Morgan fingerprint density at radius 1 is 1.00 bits per heavy atom. The second-order valence-electron chi connectivity index (χ2n) is 6.23. The monoisotopic (exact) mass is 277 g/mol. The molecule has 0 spiro atoms. The number of hydrogen-bond acceptors (Lipinski definition) is 4. The van der Waals surface area contributed by atoms with Gasteiger partial charge in [-0.15, -0.1) is 5.10 Å². The molecule has 2 fully saturated rings. The first-order valence-corrected chi connectivity index (χ1v) is 8.29. The van der Waals surface area contributed by atoms with Crippen LogP contribution in [0.2, 0.25) is 0 Å². The van der Waals surface area contributed by atoms with Crippen LogP contribution in [0.1, 0.15) is 50.8 Å². The molecule has 0 unspecified atom stereocenters. The summed E-state index contributed by atoms with van der Waals surface area (Å²) in [5.74, 6) is 2.80. The van der Waals surface area contributed by atoms with E-state index in [0.717, 1.165) is 50.3 Å². The molecule has 1 saturated heterocycles. The molecule has 2 N–H and O–H groups in total. The highest BCUT2D eigenvalue weighted by molar-refractivity contribution is 5.28. The molecular formula is C15H27N5. The normalized spacial score (nSPS) is 22.5. The average Bonchev–Trinajstić information content (AvgIpc) is 2.70. The molecular weight excluding hydrogens is 250 g/mol. The first-order valence-electron chi connectivity index (χ1n) is 8.29. The fourth-order valence-corrected chi connectivity index (χ4v) is 3.41. The Labute approximate surface area is 121 Å². The number of H-pyrrole nitrogens is 1. The Kier molecular flexibility index (Phi) is 4.90. The first-order chi connectivity index (χ1) is 9.92. The van der Waals surface area contributed by atoms with E-state index in [1.807, 2.05) is 0 Å². The van der Waals surface area contributed by atoms with Crippen molar-refractivity contribution in [3.8, 4) is 0 Å². The Morgan fingerprint density at radius 2 is 1.85 bits per heavy atom. The highest BCUT2D eigenvalue weighted by Gasteiger charge is 2.17. The van der Waals surface area contributed by atoms with E-state index < -0.39 is 0 Å². The summed E-state index contributed by atoms with van der Waals surface area (Å²) in [7, 11) is 0. The van der Waals surface area contributed by atoms with Crippen LogP contribution in [0, 0.1) is 5.92 Å². The third-order valence-corrected chi connectivity index (χ3v) is 4.60. The van der Waals surface area contributed by atoms with Crippen molar-refractivity contribution in [2.24, 2.45) is 5.92 Å². The molecule has 0 atom stereocenters. The lowest BCUT2D eigenvalue weighted by Gasteiger charge is -2.17. The quantitative estimate of drug-likeness (QED) is 0.831. The van der Waals surface area contributed by atoms with Gasteiger partial charge in [0.05, 0.1) is 0 Å². The van der Waals surface area contributed by atoms with E-state index in [2.05, 4.69) is 20.4 Å². The van der Waals surface area contributed by atoms with Crippen molar-refractivity contribution in [1.82, 2.24) is 20.5 Å². The van der Waals surface area contributed by atoms with Crippen LogP contribution in [0.15, 0.2) is 0 Å². The van der Waals surface area contributed by atoms with Crippen molar-refractivity contribution >= 4 is 5.95 Å². The van der Waals surface area contributed by atoms with Gasteiger partial charge in [-0.3, -0.25) is 5.10 Å². The fourth-order valence-electron chi connectivity index (χ4n) is 3.41. The standard InChI is InChI=1S/C15H27N5/c1-2-4-7-13(6-3-1)12-14-17-15(19-18-14)20-10-5-8-16-9-11-20/h13,16H,1-12H2,(H,17,18,19). The average molecular weight is 277 g/mol. The third-order valence-electron chi connectivity index (χ3n) is 4.60. The van der Waals surface area contributed by atoms with E-state index in [1.54, 1.807) is 0 Å². The molecule has 0 radical (unpaired) electrons. The zero-order valence-corrected chi connectivity index (χ0v) is 12.4. The second kappa shape index (κ2) is 7.07. The van der Waals surface area contributed by atoms with Gasteiger partial charge in [0.1, 0.15) is 5.82 Å². The number of hydrogen-bond donors (Lipinski definition) is 2. The van der Waals surface area contributed by atoms with E-state index in [9.17, 15) is 0 Å². The topological polar surface area (TPSA) is 56.8 Å². The zero-order chi connectivity index (χ0) is 13.6. The van der Waals surface area contributed by atoms with Gasteiger partial charge in [0.2, 0.25) is 5.95 Å². The summed E-state index contributed by atoms with van der Waals surface area (Å²) in [5.41, 5.74) is 0. The van der Waals surface area contributed by atoms with Gasteiger partial charge in [-0.1, -0.05) is 38.5 Å². The van der Waals surface area contributed by atoms with Crippen LogP contribution in [0.3, 0.4) is 0 Å². The predicted molar refractivity (Wildman–Crippen MR) is 81.0 cm³/mol. The lowest BCUT2D eigenvalue weighted by Crippen LogP contribution is -2.28. The Morgan fingerprint density at radius 3 is 2.70 bits per heavy atom. The summed E-state index contributed by atoms with van der Waals surface area (Å²) in [6.45, 7) is 4.22. The molecule has 5 nitrogen and oxygen atoms in total. The minimum atomic E-state index is 0.809. The lowest BCUT2D eigenvalue weighted by molar-refractivity contribution is 0.448. The summed E-state index contributed by atoms with van der Waals surface area (Å²) in [6.07, 6.45) is 10.6. The molecule has 1 aromatic rings. The van der Waals surface area contributed by atoms with E-state index in [-0.39, 0.29) is 0 Å². The number of nitrogens with zero attached hydrogens (tertiary/aromatic N) is 3. The van der Waals surface area contributed by atoms with E-state index in [1.165, 1.54) is 44.9 Å². The van der Waals surface area contributed by atoms with Crippen molar-refractivity contribution in [2.45, 2.75) is 51.4 Å². The smallest absolute Gasteiger partial charge is 0.244 e. The number of aromatic nitrogens is 3. The fraction of sp³-hybridized carbons (Fsp3) is 0.867. The molecule has 1 aliphatic carbocycles. The number of anilines is 1. The third kappa shape index (κ3) is 3.72. The predicted octanol–water partition coefficient (Wildman–Crippen LogP) is 2.12. The Balaban J connectivity index is 1.57. The number of nitrogens with one attached hydrogen (secondary N) is 2. The van der Waals surface area contributed by atoms with Gasteiger partial charge in [-0.2, -0.15) is 4.98 Å². The van der Waals surface area contributed by atoms with Crippen molar-refractivity contribution in [3.05, 3.63) is 5.82 Å². The minimum Gasteiger partial charge on any atom is -0.338 e. The Hall–Kier alpha value is -1.10. The van der Waals surface area contributed by atoms with Gasteiger partial charge in [0.15, 0.2) is 0 Å². The highest BCUT2D eigenvalue weighted by Crippen LogP contribution is 2.25. The van der Waals surface area contributed by atoms with Crippen LogP contribution in [0.4, 0.5) is 5.95 Å². The first kappa shape index (κ1) is 13.9. The van der Waals surface area contributed by atoms with Gasteiger partial charge in [-0.05, 0) is 18.9 Å². The van der Waals surface area contributed by atoms with Crippen LogP contribution in [0.5, 0.6) is 0 Å². The summed E-state index contributed by atoms with van der Waals surface area (Å²) < 4.78 is 0. The van der Waals surface area contributed by atoms with Gasteiger partial charge in [0.25, 0.3) is 0 Å². The SMILES string of the molecule is C1CCCC(Cc2nc(N3CCCNCC3)n[nH]2)CC1. The molecule has 20 heavy (non-hydrogen) atoms. The molecule has 0 bridgehead atoms. The summed E-state index contributed by atoms with van der Waals surface area (Å²) in [6, 6.07) is 0. The molecule has 2 aliphatic rings. The minimum absolute atomic E-state index is 0.809. The van der Waals surface area contributed by atoms with Crippen LogP contribution in [-0.2, 0) is 6.42 Å². The molecule has 1 aliphatic heterocycles. The molecule has 0 aromatic carbocycles. The van der Waals surface area contributed by atoms with Crippen molar-refractivity contribution in [1.29, 1.82) is 0 Å². The largest absolute Gasteiger partial charge is 0.338 e. The number of aromatic amines is 1. The lowest BCUT2D eigenvalue weighted by atomic mass is 9.96. The van der Waals surface area contributed by atoms with E-state index >= 15 is 0 Å². The van der Waals surface area contributed by atoms with Crippen LogP contribution in [0.25, 0.3) is 0 Å². The van der Waals surface area contributed by atoms with E-state index in [4.69, 9.17) is 4.98 Å². The van der Waals surface area contributed by atoms with Crippen molar-refractivity contribution in [2.75, 3.05) is 31.1 Å². The van der Waals surface area contributed by atoms with Crippen LogP contribution >= 0.6 is 0 Å². The molecule has 1 aromatic heterocycles. The van der Waals surface area contributed by atoms with Gasteiger partial charge in [-0.25, -0.2) is 0 Å². The molecule has 3 rings (SSSR count). The van der Waals surface area contributed by atoms with Gasteiger partial charge in [0, 0.05) is 26.1 Å². The number of rotatable bonds is 3. The van der Waals surface area contributed by atoms with E-state index in [0.29, 0.717) is 0 Å². The molecule has 2 heterocycles. The van der Waals surface area contributed by atoms with Crippen LogP contribution in [-0.4, -0.2) is 41.4 Å². The second-order valence-corrected chi connectivity index (χ2v) is 6.23. The highest BCUT2D eigenvalue weighted by atomic mass is 15.4. The Bertz CT molecular complexity index is 387. The summed E-state index contributed by atoms with van der Waals surface area (Å²) in [4.78, 5) is 7.03. The summed E-state index contributed by atoms with van der Waals surface area (Å²) >= 11 is 0. The molecule has 5 heteroatoms. The molecule has 112 valence electrons. The zero-order valence-electron chi connectivity index (χ0n) is 12.4. The van der Waals surface area contributed by atoms with Gasteiger partial charge >= 0.3 is 0 Å². The van der Waals surface area contributed by atoms with Crippen LogP contribution < -0.4 is 10.2 Å². The summed E-state index contributed by atoms with van der Waals surface area (Å²) in [5, 5.41) is 11.0. The maximum absolute atomic E-state index is 4.73. The van der Waals surface area contributed by atoms with Crippen molar-refractivity contribution < 1.29 is 0 Å². The maximum atomic E-state index is 4.73. The van der Waals surface area contributed by atoms with Gasteiger partial charge < -0.3 is 10.2 Å². The molecule has 1 saturated carbocycles. The van der Waals surface area contributed by atoms with Crippen molar-refractivity contribution in [3.63, 3.8) is 0 Å². The molecule has 0 amide bonds. The maximum Gasteiger partial charge on any atom is 0.244 e.